The summed E-state index contributed by atoms with van der Waals surface area (Å²) in [5.74, 6) is 6.08. The Balaban J connectivity index is -0.0000000605. The molecule has 6 unspecified atom stereocenters. The van der Waals surface area contributed by atoms with Crippen molar-refractivity contribution in [3.63, 3.8) is 0 Å². The van der Waals surface area contributed by atoms with Crippen LogP contribution >= 0.6 is 0 Å². The zero-order chi connectivity index (χ0) is 28.1. The van der Waals surface area contributed by atoms with Crippen molar-refractivity contribution in [2.45, 2.75) is 193 Å². The molecular formula is C35H78Pt3. The smallest absolute Gasteiger partial charge is 0 e. The van der Waals surface area contributed by atoms with Crippen LogP contribution < -0.4 is 0 Å². The van der Waals surface area contributed by atoms with Gasteiger partial charge in [-0.05, 0) is 35.5 Å². The summed E-state index contributed by atoms with van der Waals surface area (Å²) in [6.07, 6.45) is 21.4. The summed E-state index contributed by atoms with van der Waals surface area (Å²) in [5.41, 5.74) is 0. The van der Waals surface area contributed by atoms with E-state index < -0.39 is 0 Å². The number of hydrogen-bond acceptors (Lipinski definition) is 0. The molecule has 0 aliphatic heterocycles. The van der Waals surface area contributed by atoms with E-state index in [0.717, 1.165) is 35.5 Å². The number of rotatable bonds is 4. The summed E-state index contributed by atoms with van der Waals surface area (Å²) < 4.78 is 0. The summed E-state index contributed by atoms with van der Waals surface area (Å²) in [4.78, 5) is 0. The van der Waals surface area contributed by atoms with E-state index in [1.807, 2.05) is 27.7 Å². The summed E-state index contributed by atoms with van der Waals surface area (Å²) in [6, 6.07) is 0. The van der Waals surface area contributed by atoms with Gasteiger partial charge in [0.2, 0.25) is 0 Å². The molecule has 0 aromatic rings. The van der Waals surface area contributed by atoms with E-state index in [9.17, 15) is 0 Å². The predicted octanol–water partition coefficient (Wildman–Crippen LogP) is 13.8. The van der Waals surface area contributed by atoms with Crippen LogP contribution in [-0.4, -0.2) is 0 Å². The Bertz CT molecular complexity index is 271. The van der Waals surface area contributed by atoms with Gasteiger partial charge in [0, 0.05) is 63.2 Å². The van der Waals surface area contributed by atoms with Crippen LogP contribution in [0.3, 0.4) is 0 Å². The Labute approximate surface area is 289 Å². The maximum absolute atomic E-state index is 2.36. The van der Waals surface area contributed by atoms with Crippen molar-refractivity contribution in [3.8, 4) is 0 Å². The average molecular weight is 1080 g/mol. The number of hydrogen-bond donors (Lipinski definition) is 0. The van der Waals surface area contributed by atoms with E-state index in [1.165, 1.54) is 96.3 Å². The molecule has 3 aliphatic rings. The van der Waals surface area contributed by atoms with Crippen molar-refractivity contribution in [1.82, 2.24) is 0 Å². The molecule has 0 amide bonds. The predicted molar refractivity (Wildman–Crippen MR) is 170 cm³/mol. The first-order valence-corrected chi connectivity index (χ1v) is 16.7. The maximum atomic E-state index is 2.36. The maximum Gasteiger partial charge on any atom is 0 e. The zero-order valence-electron chi connectivity index (χ0n) is 29.0. The quantitative estimate of drug-likeness (QED) is 0.263. The molecule has 3 fully saturated rings. The molecule has 0 N–H and O–H groups in total. The fourth-order valence-electron chi connectivity index (χ4n) is 4.70. The standard InChI is InChI=1S/3C7H14.2C5H12.2C2H6.3Pt/c3*1-6-4-3-5-7(6)2;2*1-3-5-4-2;2*1-2;;;/h3*6-7H,3-5H2,1-2H3;2*3-5H2,1-2H3;2*1-2H3;;;. The van der Waals surface area contributed by atoms with Crippen molar-refractivity contribution in [1.29, 1.82) is 0 Å². The summed E-state index contributed by atoms with van der Waals surface area (Å²) in [5, 5.41) is 0. The van der Waals surface area contributed by atoms with Crippen LogP contribution in [0.15, 0.2) is 0 Å². The molecule has 3 rings (SSSR count). The SMILES string of the molecule is CC.CC.CC1CCCC1C.CC1CCCC1C.CC1CCCC1C.CCCCC.CCCCC.[Pt].[Pt].[Pt]. The zero-order valence-corrected chi connectivity index (χ0v) is 35.8. The van der Waals surface area contributed by atoms with Gasteiger partial charge in [0.25, 0.3) is 0 Å². The fourth-order valence-corrected chi connectivity index (χ4v) is 4.70. The Morgan fingerprint density at radius 3 is 0.500 bits per heavy atom. The second-order valence-corrected chi connectivity index (χ2v) is 11.4. The van der Waals surface area contributed by atoms with Crippen LogP contribution in [0.5, 0.6) is 0 Å². The molecule has 0 nitrogen and oxygen atoms in total. The van der Waals surface area contributed by atoms with Crippen molar-refractivity contribution in [2.75, 3.05) is 0 Å². The molecule has 0 aromatic carbocycles. The third-order valence-electron chi connectivity index (χ3n) is 8.29. The van der Waals surface area contributed by atoms with Crippen LogP contribution in [0.2, 0.25) is 0 Å². The van der Waals surface area contributed by atoms with Gasteiger partial charge < -0.3 is 0 Å². The van der Waals surface area contributed by atoms with E-state index in [0.29, 0.717) is 0 Å². The first-order chi connectivity index (χ1) is 16.7. The van der Waals surface area contributed by atoms with E-state index in [2.05, 4.69) is 69.2 Å². The molecule has 38 heavy (non-hydrogen) atoms. The minimum atomic E-state index is 0. The van der Waals surface area contributed by atoms with Crippen LogP contribution in [0.1, 0.15) is 193 Å². The first-order valence-electron chi connectivity index (χ1n) is 16.7. The summed E-state index contributed by atoms with van der Waals surface area (Å²) >= 11 is 0. The third-order valence-corrected chi connectivity index (χ3v) is 8.29. The fraction of sp³-hybridized carbons (Fsp3) is 1.00. The molecule has 0 bridgehead atoms. The molecule has 6 atom stereocenters. The Morgan fingerprint density at radius 2 is 0.474 bits per heavy atom. The molecule has 0 heterocycles. The molecular weight excluding hydrogens is 1010 g/mol. The summed E-state index contributed by atoms with van der Waals surface area (Å²) in [6.45, 7) is 31.0. The molecule has 248 valence electrons. The van der Waals surface area contributed by atoms with E-state index in [1.54, 1.807) is 0 Å². The van der Waals surface area contributed by atoms with Gasteiger partial charge in [-0.15, -0.1) is 0 Å². The van der Waals surface area contributed by atoms with Crippen LogP contribution in [-0.2, 0) is 63.2 Å². The van der Waals surface area contributed by atoms with E-state index in [4.69, 9.17) is 0 Å². The average Bonchev–Trinajstić information content (AvgIpc) is 3.56. The molecule has 0 saturated heterocycles. The van der Waals surface area contributed by atoms with E-state index >= 15 is 0 Å². The largest absolute Gasteiger partial charge is 0.0683 e. The third kappa shape index (κ3) is 40.2. The molecule has 3 heteroatoms. The van der Waals surface area contributed by atoms with Crippen molar-refractivity contribution in [3.05, 3.63) is 0 Å². The molecule has 0 radical (unpaired) electrons. The van der Waals surface area contributed by atoms with Crippen LogP contribution in [0.25, 0.3) is 0 Å². The molecule has 3 saturated carbocycles. The van der Waals surface area contributed by atoms with Crippen LogP contribution in [0, 0.1) is 35.5 Å². The molecule has 0 aromatic heterocycles. The first kappa shape index (κ1) is 55.9. The van der Waals surface area contributed by atoms with E-state index in [-0.39, 0.29) is 63.2 Å². The molecule has 0 spiro atoms. The number of unbranched alkanes of at least 4 members (excludes halogenated alkanes) is 4. The second kappa shape index (κ2) is 46.0. The van der Waals surface area contributed by atoms with Gasteiger partial charge in [-0.25, -0.2) is 0 Å². The summed E-state index contributed by atoms with van der Waals surface area (Å²) in [7, 11) is 0. The van der Waals surface area contributed by atoms with Gasteiger partial charge in [0.15, 0.2) is 0 Å². The van der Waals surface area contributed by atoms with Crippen molar-refractivity contribution in [2.24, 2.45) is 35.5 Å². The van der Waals surface area contributed by atoms with Gasteiger partial charge >= 0.3 is 0 Å². The minimum Gasteiger partial charge on any atom is -0.0683 e. The van der Waals surface area contributed by atoms with Crippen molar-refractivity contribution >= 4 is 0 Å². The van der Waals surface area contributed by atoms with Gasteiger partial charge in [-0.3, -0.25) is 0 Å². The normalized spacial score (nSPS) is 25.7. The second-order valence-electron chi connectivity index (χ2n) is 11.4. The Hall–Kier alpha value is 2.06. The monoisotopic (exact) mass is 1080 g/mol. The van der Waals surface area contributed by atoms with Gasteiger partial charge in [-0.1, -0.05) is 193 Å². The van der Waals surface area contributed by atoms with Gasteiger partial charge in [0.05, 0.1) is 0 Å². The Morgan fingerprint density at radius 1 is 0.342 bits per heavy atom. The topological polar surface area (TPSA) is 0 Å². The van der Waals surface area contributed by atoms with Crippen LogP contribution in [0.4, 0.5) is 0 Å². The molecule has 3 aliphatic carbocycles. The van der Waals surface area contributed by atoms with Crippen molar-refractivity contribution < 1.29 is 63.2 Å². The van der Waals surface area contributed by atoms with Gasteiger partial charge in [0.1, 0.15) is 0 Å². The van der Waals surface area contributed by atoms with Gasteiger partial charge in [-0.2, -0.15) is 0 Å². The minimum absolute atomic E-state index is 0. The Kier molecular flexibility index (Phi) is 67.8.